The Bertz CT molecular complexity index is 458. The normalized spacial score (nSPS) is 27.5. The van der Waals surface area contributed by atoms with Gasteiger partial charge in [0.05, 0.1) is 18.3 Å². The molecule has 1 unspecified atom stereocenters. The lowest BCUT2D eigenvalue weighted by atomic mass is 9.89. The molecule has 0 saturated heterocycles. The van der Waals surface area contributed by atoms with E-state index in [0.717, 1.165) is 12.0 Å². The standard InChI is InChI=1S/C19H40O3Si2/c1-14-16(20)12-15(21-23(8,9)18(2,3)4)13-17(14)22-24(10,11)19(5,6)7/h15-17,20H,1,12-13H2,2-11H3/t15-,16?,17+/m1/s1. The summed E-state index contributed by atoms with van der Waals surface area (Å²) in [6.45, 7) is 26.7. The van der Waals surface area contributed by atoms with Crippen molar-refractivity contribution >= 4 is 16.6 Å². The van der Waals surface area contributed by atoms with E-state index in [0.29, 0.717) is 6.42 Å². The quantitative estimate of drug-likeness (QED) is 0.524. The fourth-order valence-electron chi connectivity index (χ4n) is 2.45. The maximum absolute atomic E-state index is 10.5. The van der Waals surface area contributed by atoms with Gasteiger partial charge in [0, 0.05) is 12.8 Å². The number of aliphatic hydroxyl groups excluding tert-OH is 1. The van der Waals surface area contributed by atoms with E-state index in [2.05, 4.69) is 74.3 Å². The summed E-state index contributed by atoms with van der Waals surface area (Å²) >= 11 is 0. The summed E-state index contributed by atoms with van der Waals surface area (Å²) in [4.78, 5) is 0. The Kier molecular flexibility index (Phi) is 6.43. The van der Waals surface area contributed by atoms with Crippen molar-refractivity contribution in [2.24, 2.45) is 0 Å². The molecule has 1 aliphatic carbocycles. The third kappa shape index (κ3) is 5.04. The molecule has 0 radical (unpaired) electrons. The summed E-state index contributed by atoms with van der Waals surface area (Å²) in [5.41, 5.74) is 0.829. The van der Waals surface area contributed by atoms with E-state index in [1.807, 2.05) is 0 Å². The van der Waals surface area contributed by atoms with Gasteiger partial charge >= 0.3 is 0 Å². The first-order valence-corrected chi connectivity index (χ1v) is 15.0. The average Bonchev–Trinajstić information content (AvgIpc) is 2.31. The predicted octanol–water partition coefficient (Wildman–Crippen LogP) is 5.48. The maximum Gasteiger partial charge on any atom is 0.192 e. The van der Waals surface area contributed by atoms with Gasteiger partial charge in [-0.3, -0.25) is 0 Å². The van der Waals surface area contributed by atoms with Crippen LogP contribution in [0.1, 0.15) is 54.4 Å². The van der Waals surface area contributed by atoms with E-state index >= 15 is 0 Å². The van der Waals surface area contributed by atoms with Crippen molar-refractivity contribution in [1.29, 1.82) is 0 Å². The van der Waals surface area contributed by atoms with Gasteiger partial charge in [0.25, 0.3) is 0 Å². The highest BCUT2D eigenvalue weighted by Crippen LogP contribution is 2.42. The number of hydrogen-bond acceptors (Lipinski definition) is 3. The molecule has 3 atom stereocenters. The number of hydrogen-bond donors (Lipinski definition) is 1. The molecule has 0 aromatic rings. The van der Waals surface area contributed by atoms with Crippen molar-refractivity contribution in [3.05, 3.63) is 12.2 Å². The lowest BCUT2D eigenvalue weighted by molar-refractivity contribution is 0.0269. The lowest BCUT2D eigenvalue weighted by Crippen LogP contribution is -2.51. The highest BCUT2D eigenvalue weighted by Gasteiger charge is 2.45. The molecule has 142 valence electrons. The Hall–Kier alpha value is 0.0538. The average molecular weight is 373 g/mol. The molecule has 24 heavy (non-hydrogen) atoms. The minimum atomic E-state index is -1.90. The van der Waals surface area contributed by atoms with Crippen molar-refractivity contribution in [3.63, 3.8) is 0 Å². The van der Waals surface area contributed by atoms with Crippen molar-refractivity contribution in [2.75, 3.05) is 0 Å². The van der Waals surface area contributed by atoms with Crippen molar-refractivity contribution in [3.8, 4) is 0 Å². The highest BCUT2D eigenvalue weighted by molar-refractivity contribution is 6.74. The van der Waals surface area contributed by atoms with Crippen LogP contribution in [0.25, 0.3) is 0 Å². The molecule has 0 spiro atoms. The van der Waals surface area contributed by atoms with Crippen molar-refractivity contribution in [1.82, 2.24) is 0 Å². The molecule has 0 aliphatic heterocycles. The third-order valence-corrected chi connectivity index (χ3v) is 15.3. The Morgan fingerprint density at radius 3 is 1.71 bits per heavy atom. The van der Waals surface area contributed by atoms with Gasteiger partial charge in [-0.2, -0.15) is 0 Å². The van der Waals surface area contributed by atoms with Crippen LogP contribution in [0.2, 0.25) is 36.3 Å². The second-order valence-electron chi connectivity index (χ2n) is 10.4. The fraction of sp³-hybridized carbons (Fsp3) is 0.895. The predicted molar refractivity (Wildman–Crippen MR) is 109 cm³/mol. The van der Waals surface area contributed by atoms with Crippen LogP contribution in [-0.4, -0.2) is 40.1 Å². The Balaban J connectivity index is 2.91. The van der Waals surface area contributed by atoms with Crippen molar-refractivity contribution < 1.29 is 14.0 Å². The molecule has 3 nitrogen and oxygen atoms in total. The highest BCUT2D eigenvalue weighted by atomic mass is 28.4. The Morgan fingerprint density at radius 1 is 0.875 bits per heavy atom. The van der Waals surface area contributed by atoms with Crippen LogP contribution in [0, 0.1) is 0 Å². The molecule has 0 aromatic carbocycles. The van der Waals surface area contributed by atoms with E-state index in [1.54, 1.807) is 0 Å². The van der Waals surface area contributed by atoms with Gasteiger partial charge < -0.3 is 14.0 Å². The molecular formula is C19H40O3Si2. The molecule has 1 fully saturated rings. The fourth-order valence-corrected chi connectivity index (χ4v) is 5.14. The van der Waals surface area contributed by atoms with Crippen LogP contribution in [0.15, 0.2) is 12.2 Å². The second-order valence-corrected chi connectivity index (χ2v) is 19.9. The largest absolute Gasteiger partial charge is 0.414 e. The van der Waals surface area contributed by atoms with Crippen LogP contribution in [0.4, 0.5) is 0 Å². The van der Waals surface area contributed by atoms with Gasteiger partial charge in [0.1, 0.15) is 0 Å². The van der Waals surface area contributed by atoms with E-state index in [4.69, 9.17) is 8.85 Å². The number of rotatable bonds is 4. The molecule has 5 heteroatoms. The van der Waals surface area contributed by atoms with Crippen LogP contribution in [0.3, 0.4) is 0 Å². The molecular weight excluding hydrogens is 332 g/mol. The SMILES string of the molecule is C=C1C(O)C[C@@H](O[Si](C)(C)C(C)(C)C)C[C@@H]1O[Si](C)(C)C(C)(C)C. The smallest absolute Gasteiger partial charge is 0.192 e. The van der Waals surface area contributed by atoms with Crippen LogP contribution in [-0.2, 0) is 8.85 Å². The summed E-state index contributed by atoms with van der Waals surface area (Å²) in [7, 11) is -3.76. The van der Waals surface area contributed by atoms with Gasteiger partial charge in [-0.25, -0.2) is 0 Å². The summed E-state index contributed by atoms with van der Waals surface area (Å²) in [5, 5.41) is 10.8. The van der Waals surface area contributed by atoms with E-state index in [9.17, 15) is 5.11 Å². The molecule has 1 aliphatic rings. The molecule has 1 N–H and O–H groups in total. The van der Waals surface area contributed by atoms with Gasteiger partial charge in [-0.1, -0.05) is 48.1 Å². The second kappa shape index (κ2) is 6.99. The maximum atomic E-state index is 10.5. The Morgan fingerprint density at radius 2 is 1.29 bits per heavy atom. The monoisotopic (exact) mass is 372 g/mol. The van der Waals surface area contributed by atoms with E-state index < -0.39 is 22.7 Å². The van der Waals surface area contributed by atoms with Gasteiger partial charge in [-0.05, 0) is 41.8 Å². The van der Waals surface area contributed by atoms with Crippen LogP contribution >= 0.6 is 0 Å². The zero-order valence-electron chi connectivity index (χ0n) is 17.6. The first-order chi connectivity index (χ1) is 10.5. The van der Waals surface area contributed by atoms with Crippen LogP contribution in [0.5, 0.6) is 0 Å². The van der Waals surface area contributed by atoms with Gasteiger partial charge in [0.2, 0.25) is 0 Å². The van der Waals surface area contributed by atoms with Gasteiger partial charge in [-0.15, -0.1) is 0 Å². The molecule has 0 bridgehead atoms. The summed E-state index contributed by atoms with van der Waals surface area (Å²) in [6.07, 6.45) is 0.895. The summed E-state index contributed by atoms with van der Waals surface area (Å²) < 4.78 is 13.1. The van der Waals surface area contributed by atoms with E-state index in [1.165, 1.54) is 0 Å². The third-order valence-electron chi connectivity index (χ3n) is 6.32. The lowest BCUT2D eigenvalue weighted by Gasteiger charge is -2.46. The topological polar surface area (TPSA) is 38.7 Å². The zero-order chi connectivity index (χ0) is 19.1. The molecule has 1 saturated carbocycles. The molecule has 0 aromatic heterocycles. The minimum absolute atomic E-state index is 0.0566. The van der Waals surface area contributed by atoms with E-state index in [-0.39, 0.29) is 22.3 Å². The molecule has 1 rings (SSSR count). The van der Waals surface area contributed by atoms with Gasteiger partial charge in [0.15, 0.2) is 16.6 Å². The number of aliphatic hydroxyl groups is 1. The summed E-state index contributed by atoms with van der Waals surface area (Å²) in [6, 6.07) is 0. The zero-order valence-corrected chi connectivity index (χ0v) is 19.6. The first-order valence-electron chi connectivity index (χ1n) is 9.20. The Labute approximate surface area is 152 Å². The molecule has 0 amide bonds. The molecule has 0 heterocycles. The van der Waals surface area contributed by atoms with Crippen molar-refractivity contribution in [2.45, 2.75) is 109 Å². The minimum Gasteiger partial charge on any atom is -0.414 e. The van der Waals surface area contributed by atoms with Crippen LogP contribution < -0.4 is 0 Å². The summed E-state index contributed by atoms with van der Waals surface area (Å²) in [5.74, 6) is 0. The first kappa shape index (κ1) is 22.1.